The van der Waals surface area contributed by atoms with Crippen molar-refractivity contribution < 1.29 is 4.79 Å². The van der Waals surface area contributed by atoms with Crippen molar-refractivity contribution in [1.29, 1.82) is 0 Å². The van der Waals surface area contributed by atoms with E-state index in [1.165, 1.54) is 11.3 Å². The highest BCUT2D eigenvalue weighted by Gasteiger charge is 2.21. The second kappa shape index (κ2) is 9.04. The number of thiophene rings is 1. The molecule has 0 radical (unpaired) electrons. The Morgan fingerprint density at radius 1 is 1.21 bits per heavy atom. The van der Waals surface area contributed by atoms with Crippen molar-refractivity contribution in [3.8, 4) is 11.3 Å². The molecule has 1 atom stereocenters. The molecule has 1 amide bonds. The summed E-state index contributed by atoms with van der Waals surface area (Å²) in [6.45, 7) is 1.78. The molecule has 0 aliphatic rings. The molecule has 4 N–H and O–H groups in total. The van der Waals surface area contributed by atoms with Gasteiger partial charge in [-0.15, -0.1) is 15.3 Å². The van der Waals surface area contributed by atoms with Crippen molar-refractivity contribution in [3.05, 3.63) is 76.0 Å². The molecule has 170 valence electrons. The molecule has 0 aliphatic carbocycles. The normalized spacial score (nSPS) is 11.9. The first kappa shape index (κ1) is 21.7. The lowest BCUT2D eigenvalue weighted by Crippen LogP contribution is -2.30. The zero-order valence-corrected chi connectivity index (χ0v) is 19.4. The van der Waals surface area contributed by atoms with Crippen LogP contribution in [0.25, 0.3) is 16.9 Å². The van der Waals surface area contributed by atoms with E-state index in [0.29, 0.717) is 28.0 Å². The van der Waals surface area contributed by atoms with E-state index >= 15 is 0 Å². The van der Waals surface area contributed by atoms with Gasteiger partial charge in [0, 0.05) is 21.7 Å². The molecule has 12 heteroatoms. The van der Waals surface area contributed by atoms with E-state index in [-0.39, 0.29) is 11.5 Å². The summed E-state index contributed by atoms with van der Waals surface area (Å²) in [7, 11) is 0. The number of amides is 1. The molecule has 5 rings (SSSR count). The first-order valence-electron chi connectivity index (χ1n) is 10.2. The van der Waals surface area contributed by atoms with E-state index in [4.69, 9.17) is 17.3 Å². The van der Waals surface area contributed by atoms with Crippen LogP contribution in [0.5, 0.6) is 0 Å². The first-order chi connectivity index (χ1) is 16.5. The molecule has 0 unspecified atom stereocenters. The summed E-state index contributed by atoms with van der Waals surface area (Å²) in [6, 6.07) is 12.2. The Morgan fingerprint density at radius 2 is 2.09 bits per heavy atom. The molecule has 0 bridgehead atoms. The number of rotatable bonds is 6. The second-order valence-electron chi connectivity index (χ2n) is 7.38. The van der Waals surface area contributed by atoms with Crippen molar-refractivity contribution in [2.75, 3.05) is 11.1 Å². The minimum Gasteiger partial charge on any atom is -0.382 e. The fourth-order valence-electron chi connectivity index (χ4n) is 3.30. The molecule has 0 aliphatic heterocycles. The number of halogens is 1. The molecule has 0 spiro atoms. The number of carbonyl (C=O) groups is 1. The third-order valence-electron chi connectivity index (χ3n) is 4.95. The summed E-state index contributed by atoms with van der Waals surface area (Å²) < 4.78 is 1.56. The van der Waals surface area contributed by atoms with Gasteiger partial charge in [0.05, 0.1) is 17.9 Å². The van der Waals surface area contributed by atoms with Gasteiger partial charge in [0.15, 0.2) is 28.8 Å². The van der Waals surface area contributed by atoms with E-state index < -0.39 is 11.9 Å². The average molecular weight is 492 g/mol. The van der Waals surface area contributed by atoms with Crippen molar-refractivity contribution in [2.45, 2.75) is 13.0 Å². The van der Waals surface area contributed by atoms with Crippen LogP contribution < -0.4 is 16.4 Å². The van der Waals surface area contributed by atoms with Crippen LogP contribution in [0.3, 0.4) is 0 Å². The zero-order chi connectivity index (χ0) is 23.7. The first-order valence-corrected chi connectivity index (χ1v) is 11.5. The van der Waals surface area contributed by atoms with E-state index in [1.54, 1.807) is 41.9 Å². The Bertz CT molecular complexity index is 1490. The van der Waals surface area contributed by atoms with E-state index in [0.717, 1.165) is 11.3 Å². The number of aromatic nitrogens is 6. The molecule has 0 saturated heterocycles. The standard InChI is InChI=1S/C22H18ClN9OS/c1-12(26-22(33)19-20(24)25-10-16(28-19)13-7-8-34-11-13)21-30-29-18-6-5-17(31-32(18)21)27-15-4-2-3-14(23)9-15/h2-12H,1H3,(H2,24,25)(H,26,33)(H,27,31)/t12-/m1/s1. The SMILES string of the molecule is C[C@@H](NC(=O)c1nc(-c2ccsc2)cnc1N)c1nnc2ccc(Nc3cccc(Cl)c3)nn12. The van der Waals surface area contributed by atoms with Crippen LogP contribution in [0.4, 0.5) is 17.3 Å². The van der Waals surface area contributed by atoms with Gasteiger partial charge in [-0.3, -0.25) is 4.79 Å². The van der Waals surface area contributed by atoms with E-state index in [9.17, 15) is 4.79 Å². The maximum atomic E-state index is 13.0. The topological polar surface area (TPSA) is 136 Å². The number of nitrogens with two attached hydrogens (primary N) is 1. The summed E-state index contributed by atoms with van der Waals surface area (Å²) >= 11 is 7.59. The predicted octanol–water partition coefficient (Wildman–Crippen LogP) is 4.11. The minimum absolute atomic E-state index is 0.0423. The van der Waals surface area contributed by atoms with Crippen molar-refractivity contribution in [3.63, 3.8) is 0 Å². The quantitative estimate of drug-likeness (QED) is 0.323. The molecule has 5 aromatic rings. The van der Waals surface area contributed by atoms with Crippen LogP contribution in [0.15, 0.2) is 59.4 Å². The highest BCUT2D eigenvalue weighted by molar-refractivity contribution is 7.08. The molecule has 4 aromatic heterocycles. The third-order valence-corrected chi connectivity index (χ3v) is 5.87. The Kier molecular flexibility index (Phi) is 5.78. The largest absolute Gasteiger partial charge is 0.382 e. The van der Waals surface area contributed by atoms with Gasteiger partial charge >= 0.3 is 0 Å². The van der Waals surface area contributed by atoms with Gasteiger partial charge in [-0.2, -0.15) is 15.9 Å². The fraction of sp³-hybridized carbons (Fsp3) is 0.0909. The number of carbonyl (C=O) groups excluding carboxylic acids is 1. The summed E-state index contributed by atoms with van der Waals surface area (Å²) in [5.74, 6) is 0.576. The fourth-order valence-corrected chi connectivity index (χ4v) is 4.14. The van der Waals surface area contributed by atoms with Gasteiger partial charge in [-0.05, 0) is 48.7 Å². The number of nitrogens with one attached hydrogen (secondary N) is 2. The number of hydrogen-bond donors (Lipinski definition) is 3. The van der Waals surface area contributed by atoms with Crippen molar-refractivity contribution in [1.82, 2.24) is 35.1 Å². The monoisotopic (exact) mass is 491 g/mol. The number of fused-ring (bicyclic) bond motifs is 1. The van der Waals surface area contributed by atoms with E-state index in [1.807, 2.05) is 29.0 Å². The maximum absolute atomic E-state index is 13.0. The molecular weight excluding hydrogens is 474 g/mol. The van der Waals surface area contributed by atoms with Crippen LogP contribution in [0.2, 0.25) is 5.02 Å². The van der Waals surface area contributed by atoms with E-state index in [2.05, 4.69) is 35.9 Å². The number of benzene rings is 1. The highest BCUT2D eigenvalue weighted by Crippen LogP contribution is 2.22. The number of nitrogen functional groups attached to an aromatic ring is 1. The maximum Gasteiger partial charge on any atom is 0.274 e. The molecular formula is C22H18ClN9OS. The lowest BCUT2D eigenvalue weighted by molar-refractivity contribution is 0.0933. The van der Waals surface area contributed by atoms with Gasteiger partial charge in [-0.1, -0.05) is 17.7 Å². The van der Waals surface area contributed by atoms with Crippen LogP contribution in [0.1, 0.15) is 29.3 Å². The Labute approximate surface area is 202 Å². The van der Waals surface area contributed by atoms with Gasteiger partial charge in [-0.25, -0.2) is 9.97 Å². The summed E-state index contributed by atoms with van der Waals surface area (Å²) in [5.41, 5.74) is 8.74. The average Bonchev–Trinajstić information content (AvgIpc) is 3.49. The number of hydrogen-bond acceptors (Lipinski definition) is 9. The predicted molar refractivity (Wildman–Crippen MR) is 131 cm³/mol. The molecule has 4 heterocycles. The van der Waals surface area contributed by atoms with Crippen LogP contribution in [0, 0.1) is 0 Å². The van der Waals surface area contributed by atoms with Crippen molar-refractivity contribution >= 4 is 51.8 Å². The zero-order valence-electron chi connectivity index (χ0n) is 17.8. The molecule has 1 aromatic carbocycles. The Hall–Kier alpha value is -4.09. The Balaban J connectivity index is 1.39. The van der Waals surface area contributed by atoms with Crippen LogP contribution in [-0.2, 0) is 0 Å². The lowest BCUT2D eigenvalue weighted by atomic mass is 10.2. The number of nitrogens with zero attached hydrogens (tertiary/aromatic N) is 6. The van der Waals surface area contributed by atoms with Gasteiger partial charge in [0.1, 0.15) is 0 Å². The van der Waals surface area contributed by atoms with Crippen molar-refractivity contribution in [2.24, 2.45) is 0 Å². The lowest BCUT2D eigenvalue weighted by Gasteiger charge is -2.13. The summed E-state index contributed by atoms with van der Waals surface area (Å²) in [4.78, 5) is 21.5. The second-order valence-corrected chi connectivity index (χ2v) is 8.59. The molecule has 0 fully saturated rings. The number of anilines is 3. The molecule has 10 nitrogen and oxygen atoms in total. The minimum atomic E-state index is -0.539. The van der Waals surface area contributed by atoms with Crippen LogP contribution in [-0.4, -0.2) is 35.7 Å². The van der Waals surface area contributed by atoms with Gasteiger partial charge in [0.2, 0.25) is 0 Å². The molecule has 0 saturated carbocycles. The third kappa shape index (κ3) is 4.38. The van der Waals surface area contributed by atoms with Gasteiger partial charge in [0.25, 0.3) is 5.91 Å². The Morgan fingerprint density at radius 3 is 2.88 bits per heavy atom. The van der Waals surface area contributed by atoms with Gasteiger partial charge < -0.3 is 16.4 Å². The smallest absolute Gasteiger partial charge is 0.274 e. The van der Waals surface area contributed by atoms with Crippen LogP contribution >= 0.6 is 22.9 Å². The summed E-state index contributed by atoms with van der Waals surface area (Å²) in [5, 5.41) is 23.4. The molecule has 34 heavy (non-hydrogen) atoms. The summed E-state index contributed by atoms with van der Waals surface area (Å²) in [6.07, 6.45) is 1.54. The highest BCUT2D eigenvalue weighted by atomic mass is 35.5.